The summed E-state index contributed by atoms with van der Waals surface area (Å²) in [6, 6.07) is 19.6. The number of hydrogen-bond donors (Lipinski definition) is 0. The fraction of sp³-hybridized carbons (Fsp3) is 0.265. The number of aromatic nitrogens is 8. The van der Waals surface area contributed by atoms with Crippen LogP contribution in [0.1, 0.15) is 33.5 Å². The molecule has 0 aliphatic rings. The van der Waals surface area contributed by atoms with Crippen molar-refractivity contribution in [3.8, 4) is 45.5 Å². The van der Waals surface area contributed by atoms with Crippen LogP contribution in [-0.4, -0.2) is 47.8 Å². The van der Waals surface area contributed by atoms with Crippen molar-refractivity contribution < 1.29 is 51.5 Å². The molecule has 0 fully saturated rings. The van der Waals surface area contributed by atoms with Gasteiger partial charge in [-0.25, -0.2) is 10.2 Å². The summed E-state index contributed by atoms with van der Waals surface area (Å²) >= 11 is 0. The minimum atomic E-state index is -4.57. The van der Waals surface area contributed by atoms with Crippen LogP contribution in [-0.2, 0) is 39.4 Å². The summed E-state index contributed by atoms with van der Waals surface area (Å²) in [6.45, 7) is 10.3. The molecule has 0 unspecified atom stereocenters. The first-order valence-electron chi connectivity index (χ1n) is 15.2. The molecule has 0 atom stereocenters. The van der Waals surface area contributed by atoms with Crippen LogP contribution in [0, 0.1) is 23.8 Å². The number of ether oxygens (including phenoxy) is 2. The maximum atomic E-state index is 13.1. The predicted molar refractivity (Wildman–Crippen MR) is 170 cm³/mol. The fourth-order valence-electron chi connectivity index (χ4n) is 4.15. The number of rotatable bonds is 9. The van der Waals surface area contributed by atoms with Crippen LogP contribution >= 0.6 is 0 Å². The Bertz CT molecular complexity index is 1820. The summed E-state index contributed by atoms with van der Waals surface area (Å²) in [6.07, 6.45) is 0.628. The maximum absolute atomic E-state index is 13.1. The Labute approximate surface area is 299 Å². The molecule has 0 amide bonds. The average Bonchev–Trinajstić information content (AvgIpc) is 3.88. The van der Waals surface area contributed by atoms with E-state index >= 15 is 0 Å². The van der Waals surface area contributed by atoms with Crippen molar-refractivity contribution in [2.24, 2.45) is 0 Å². The maximum Gasteiger partial charge on any atom is 3.00 e. The molecule has 0 aliphatic heterocycles. The molecular formula is C34H32F5IrN8O2. The number of hydrogen-bond acceptors (Lipinski definition) is 7. The molecule has 50 heavy (non-hydrogen) atoms. The number of benzene rings is 2. The van der Waals surface area contributed by atoms with E-state index in [1.54, 1.807) is 12.1 Å². The van der Waals surface area contributed by atoms with Gasteiger partial charge in [-0.3, -0.25) is 28.2 Å². The number of pyridine rings is 1. The largest absolute Gasteiger partial charge is 3.00 e. The molecule has 10 nitrogen and oxygen atoms in total. The van der Waals surface area contributed by atoms with Crippen LogP contribution in [0.5, 0.6) is 11.5 Å². The van der Waals surface area contributed by atoms with Crippen molar-refractivity contribution in [2.75, 3.05) is 13.2 Å². The molecule has 0 saturated heterocycles. The summed E-state index contributed by atoms with van der Waals surface area (Å²) in [5.74, 6) is -1.12. The minimum Gasteiger partial charge on any atom is -0.537 e. The van der Waals surface area contributed by atoms with Gasteiger partial charge in [0, 0.05) is 66.2 Å². The van der Waals surface area contributed by atoms with E-state index in [0.717, 1.165) is 24.5 Å². The second-order valence-electron chi connectivity index (χ2n) is 9.77. The van der Waals surface area contributed by atoms with E-state index in [9.17, 15) is 22.0 Å². The van der Waals surface area contributed by atoms with Crippen molar-refractivity contribution in [3.63, 3.8) is 0 Å². The Morgan fingerprint density at radius 2 is 1.28 bits per heavy atom. The van der Waals surface area contributed by atoms with E-state index in [-0.39, 0.29) is 43.3 Å². The van der Waals surface area contributed by atoms with Gasteiger partial charge in [-0.15, -0.1) is 24.3 Å². The quantitative estimate of drug-likeness (QED) is 0.110. The monoisotopic (exact) mass is 872 g/mol. The van der Waals surface area contributed by atoms with Gasteiger partial charge in [0.1, 0.15) is 5.82 Å². The summed E-state index contributed by atoms with van der Waals surface area (Å²) < 4.78 is 77.0. The molecule has 2 aromatic carbocycles. The zero-order valence-corrected chi connectivity index (χ0v) is 29.8. The van der Waals surface area contributed by atoms with Crippen LogP contribution in [0.15, 0.2) is 73.2 Å². The summed E-state index contributed by atoms with van der Waals surface area (Å²) in [7, 11) is 0. The molecule has 0 spiro atoms. The van der Waals surface area contributed by atoms with Gasteiger partial charge in [-0.05, 0) is 45.7 Å². The molecule has 0 N–H and O–H groups in total. The van der Waals surface area contributed by atoms with Crippen molar-refractivity contribution >= 4 is 0 Å². The standard InChI is InChI=1S/2C13H14FN2O.C8H4F3N4.Ir/c2*1-3-16-8-7-12(15-16)11-6-5-10(14)9-13(11)17-4-2;9-8(10,11)7-13-6(14-15-7)5-3-1-2-4-12-5;/h2*5,7-9H,3-4H2,1-2H3;1-4H;/q3*-1;+3. The van der Waals surface area contributed by atoms with Gasteiger partial charge >= 0.3 is 26.3 Å². The molecule has 0 aliphatic carbocycles. The molecular weight excluding hydrogens is 840 g/mol. The molecule has 4 aromatic heterocycles. The molecule has 0 bridgehead atoms. The number of alkyl halides is 3. The van der Waals surface area contributed by atoms with E-state index in [1.807, 2.05) is 61.6 Å². The van der Waals surface area contributed by atoms with E-state index in [4.69, 9.17) is 9.47 Å². The van der Waals surface area contributed by atoms with Gasteiger partial charge in [0.15, 0.2) is 0 Å². The Balaban J connectivity index is 0.000000201. The van der Waals surface area contributed by atoms with Gasteiger partial charge in [0.2, 0.25) is 0 Å². The third kappa shape index (κ3) is 10.8. The van der Waals surface area contributed by atoms with Gasteiger partial charge in [-0.1, -0.05) is 41.5 Å². The Kier molecular flexibility index (Phi) is 14.8. The predicted octanol–water partition coefficient (Wildman–Crippen LogP) is 7.33. The first-order chi connectivity index (χ1) is 23.6. The van der Waals surface area contributed by atoms with E-state index in [1.165, 1.54) is 36.5 Å². The first-order valence-corrected chi connectivity index (χ1v) is 15.2. The smallest absolute Gasteiger partial charge is 0.537 e. The first kappa shape index (κ1) is 39.5. The van der Waals surface area contributed by atoms with Crippen LogP contribution in [0.25, 0.3) is 34.0 Å². The second kappa shape index (κ2) is 18.7. The van der Waals surface area contributed by atoms with Gasteiger partial charge in [0.05, 0.1) is 18.9 Å². The molecule has 6 aromatic rings. The van der Waals surface area contributed by atoms with Crippen molar-refractivity contribution in [3.05, 3.63) is 103 Å². The van der Waals surface area contributed by atoms with Crippen molar-refractivity contribution in [1.29, 1.82) is 0 Å². The Morgan fingerprint density at radius 3 is 1.66 bits per heavy atom. The Hall–Kier alpha value is -4.95. The van der Waals surface area contributed by atoms with E-state index in [2.05, 4.69) is 42.5 Å². The van der Waals surface area contributed by atoms with Gasteiger partial charge < -0.3 is 19.6 Å². The molecule has 0 radical (unpaired) electrons. The Morgan fingerprint density at radius 1 is 0.760 bits per heavy atom. The van der Waals surface area contributed by atoms with Gasteiger partial charge in [0.25, 0.3) is 0 Å². The van der Waals surface area contributed by atoms with E-state index in [0.29, 0.717) is 35.8 Å². The average molecular weight is 872 g/mol. The number of nitrogens with zero attached hydrogens (tertiary/aromatic N) is 8. The van der Waals surface area contributed by atoms with Crippen LogP contribution in [0.4, 0.5) is 22.0 Å². The van der Waals surface area contributed by atoms with Crippen molar-refractivity contribution in [2.45, 2.75) is 47.0 Å². The van der Waals surface area contributed by atoms with Gasteiger partial charge in [-0.2, -0.15) is 13.2 Å². The second-order valence-corrected chi connectivity index (χ2v) is 9.77. The number of halogens is 5. The van der Waals surface area contributed by atoms with Crippen LogP contribution < -0.4 is 14.6 Å². The molecule has 16 heteroatoms. The molecule has 264 valence electrons. The summed E-state index contributed by atoms with van der Waals surface area (Å²) in [4.78, 5) is 7.05. The third-order valence-electron chi connectivity index (χ3n) is 6.38. The summed E-state index contributed by atoms with van der Waals surface area (Å²) in [5.41, 5.74) is 3.15. The fourth-order valence-corrected chi connectivity index (χ4v) is 4.15. The normalized spacial score (nSPS) is 10.7. The molecule has 0 saturated carbocycles. The minimum absolute atomic E-state index is 0. The number of aryl methyl sites for hydroxylation is 2. The molecule has 4 heterocycles. The summed E-state index contributed by atoms with van der Waals surface area (Å²) in [5, 5.41) is 15.0. The van der Waals surface area contributed by atoms with Crippen molar-refractivity contribution in [1.82, 2.24) is 39.7 Å². The topological polar surface area (TPSA) is 107 Å². The van der Waals surface area contributed by atoms with Crippen LogP contribution in [0.2, 0.25) is 0 Å². The third-order valence-corrected chi connectivity index (χ3v) is 6.38. The molecule has 6 rings (SSSR count). The zero-order valence-electron chi connectivity index (χ0n) is 27.4. The van der Waals surface area contributed by atoms with Crippen LogP contribution in [0.3, 0.4) is 0 Å². The zero-order chi connectivity index (χ0) is 35.4. The SMILES string of the molecule is CCOc1cc(F)c[c-]c1-c1ccn(CC)n1.CCOc1cc(F)c[c-]c1-c1ccn(CC)n1.FC(F)(F)c1n[n-]c(-c2ccccn2)n1.[Ir+3]. The van der Waals surface area contributed by atoms with E-state index < -0.39 is 12.0 Å².